The molecule has 2 heterocycles. The molecule has 0 radical (unpaired) electrons. The van der Waals surface area contributed by atoms with E-state index in [-0.39, 0.29) is 6.04 Å². The number of hydrogen-bond acceptors (Lipinski definition) is 5. The van der Waals surface area contributed by atoms with Crippen molar-refractivity contribution in [3.8, 4) is 0 Å². The van der Waals surface area contributed by atoms with Crippen LogP contribution in [0.4, 0.5) is 5.82 Å². The molecule has 18 heavy (non-hydrogen) atoms. The van der Waals surface area contributed by atoms with E-state index in [9.17, 15) is 0 Å². The lowest BCUT2D eigenvalue weighted by Gasteiger charge is -2.26. The van der Waals surface area contributed by atoms with Crippen LogP contribution < -0.4 is 10.6 Å². The largest absolute Gasteiger partial charge is 0.393 e. The molecule has 0 aliphatic rings. The third-order valence-corrected chi connectivity index (χ3v) is 3.05. The van der Waals surface area contributed by atoms with Gasteiger partial charge in [-0.3, -0.25) is 0 Å². The van der Waals surface area contributed by atoms with Crippen LogP contribution in [-0.4, -0.2) is 37.7 Å². The molecule has 0 saturated heterocycles. The van der Waals surface area contributed by atoms with E-state index in [4.69, 9.17) is 18.0 Å². The third-order valence-electron chi connectivity index (χ3n) is 2.88. The van der Waals surface area contributed by atoms with Gasteiger partial charge < -0.3 is 10.6 Å². The summed E-state index contributed by atoms with van der Waals surface area (Å²) in [5.74, 6) is 1.53. The standard InChI is InChI=1S/C11H16N6S/c1-7-4-10(16(3)8(2)5-9(12)18)17-11(15-7)13-6-14-17/h4,6,8H,5H2,1-3H3,(H2,12,18). The Balaban J connectivity index is 2.40. The van der Waals surface area contributed by atoms with Gasteiger partial charge in [0.25, 0.3) is 5.78 Å². The first-order chi connectivity index (χ1) is 8.49. The van der Waals surface area contributed by atoms with E-state index in [2.05, 4.69) is 26.9 Å². The fraction of sp³-hybridized carbons (Fsp3) is 0.455. The lowest BCUT2D eigenvalue weighted by Crippen LogP contribution is -2.34. The number of hydrogen-bond donors (Lipinski definition) is 1. The second-order valence-electron chi connectivity index (χ2n) is 4.36. The zero-order valence-electron chi connectivity index (χ0n) is 10.7. The van der Waals surface area contributed by atoms with Gasteiger partial charge in [0.1, 0.15) is 12.1 Å². The van der Waals surface area contributed by atoms with Crippen LogP contribution in [0.5, 0.6) is 0 Å². The van der Waals surface area contributed by atoms with E-state index < -0.39 is 0 Å². The molecule has 2 rings (SSSR count). The molecular formula is C11H16N6S. The molecule has 0 bridgehead atoms. The Bertz CT molecular complexity index is 578. The second-order valence-corrected chi connectivity index (χ2v) is 4.88. The molecule has 2 aromatic rings. The third kappa shape index (κ3) is 2.40. The van der Waals surface area contributed by atoms with E-state index in [0.717, 1.165) is 11.5 Å². The van der Waals surface area contributed by atoms with Crippen molar-refractivity contribution in [1.82, 2.24) is 19.6 Å². The van der Waals surface area contributed by atoms with Crippen molar-refractivity contribution >= 4 is 28.8 Å². The summed E-state index contributed by atoms with van der Waals surface area (Å²) in [5.41, 5.74) is 6.49. The molecule has 0 spiro atoms. The van der Waals surface area contributed by atoms with E-state index >= 15 is 0 Å². The summed E-state index contributed by atoms with van der Waals surface area (Å²) in [5, 5.41) is 4.18. The molecular weight excluding hydrogens is 248 g/mol. The molecule has 0 saturated carbocycles. The topological polar surface area (TPSA) is 72.3 Å². The van der Waals surface area contributed by atoms with E-state index in [1.54, 1.807) is 4.52 Å². The van der Waals surface area contributed by atoms with Gasteiger partial charge in [-0.2, -0.15) is 14.6 Å². The van der Waals surface area contributed by atoms with Gasteiger partial charge >= 0.3 is 0 Å². The Morgan fingerprint density at radius 3 is 3.00 bits per heavy atom. The molecule has 2 aromatic heterocycles. The number of thiocarbonyl (C=S) groups is 1. The zero-order chi connectivity index (χ0) is 13.3. The van der Waals surface area contributed by atoms with Crippen molar-refractivity contribution in [2.45, 2.75) is 26.3 Å². The smallest absolute Gasteiger partial charge is 0.254 e. The first-order valence-corrected chi connectivity index (χ1v) is 6.08. The van der Waals surface area contributed by atoms with Gasteiger partial charge in [-0.15, -0.1) is 0 Å². The average molecular weight is 264 g/mol. The summed E-state index contributed by atoms with van der Waals surface area (Å²) in [4.78, 5) is 11.0. The fourth-order valence-electron chi connectivity index (χ4n) is 1.82. The molecule has 0 fully saturated rings. The van der Waals surface area contributed by atoms with Crippen LogP contribution in [0.3, 0.4) is 0 Å². The Morgan fingerprint density at radius 2 is 2.33 bits per heavy atom. The van der Waals surface area contributed by atoms with Crippen molar-refractivity contribution < 1.29 is 0 Å². The first kappa shape index (κ1) is 12.7. The minimum atomic E-state index is 0.191. The Kier molecular flexibility index (Phi) is 3.42. The van der Waals surface area contributed by atoms with Crippen molar-refractivity contribution in [3.05, 3.63) is 18.1 Å². The molecule has 0 amide bonds. The van der Waals surface area contributed by atoms with Gasteiger partial charge in [0, 0.05) is 31.3 Å². The van der Waals surface area contributed by atoms with Gasteiger partial charge in [-0.1, -0.05) is 12.2 Å². The fourth-order valence-corrected chi connectivity index (χ4v) is 2.06. The molecule has 1 atom stereocenters. The Labute approximate surface area is 111 Å². The van der Waals surface area contributed by atoms with Gasteiger partial charge in [0.05, 0.1) is 4.99 Å². The van der Waals surface area contributed by atoms with E-state index in [1.165, 1.54) is 6.33 Å². The number of aromatic nitrogens is 4. The highest BCUT2D eigenvalue weighted by molar-refractivity contribution is 7.80. The van der Waals surface area contributed by atoms with Gasteiger partial charge in [0.2, 0.25) is 0 Å². The minimum absolute atomic E-state index is 0.191. The summed E-state index contributed by atoms with van der Waals surface area (Å²) < 4.78 is 1.71. The van der Waals surface area contributed by atoms with Crippen LogP contribution >= 0.6 is 12.2 Å². The summed E-state index contributed by atoms with van der Waals surface area (Å²) in [6.07, 6.45) is 2.15. The predicted molar refractivity (Wildman–Crippen MR) is 74.8 cm³/mol. The number of nitrogens with zero attached hydrogens (tertiary/aromatic N) is 5. The molecule has 0 aromatic carbocycles. The first-order valence-electron chi connectivity index (χ1n) is 5.67. The molecule has 7 heteroatoms. The SMILES string of the molecule is Cc1cc(N(C)C(C)CC(N)=S)n2ncnc2n1. The van der Waals surface area contributed by atoms with Crippen LogP contribution in [0.25, 0.3) is 5.78 Å². The van der Waals surface area contributed by atoms with Gasteiger partial charge in [-0.25, -0.2) is 4.98 Å². The average Bonchev–Trinajstić information content (AvgIpc) is 2.73. The van der Waals surface area contributed by atoms with Gasteiger partial charge in [-0.05, 0) is 13.8 Å². The summed E-state index contributed by atoms with van der Waals surface area (Å²) in [6, 6.07) is 2.16. The quantitative estimate of drug-likeness (QED) is 0.828. The van der Waals surface area contributed by atoms with Crippen molar-refractivity contribution in [2.24, 2.45) is 5.73 Å². The molecule has 96 valence electrons. The highest BCUT2D eigenvalue weighted by atomic mass is 32.1. The number of aryl methyl sites for hydroxylation is 1. The van der Waals surface area contributed by atoms with Gasteiger partial charge in [0.15, 0.2) is 0 Å². The number of nitrogens with two attached hydrogens (primary N) is 1. The highest BCUT2D eigenvalue weighted by Crippen LogP contribution is 2.17. The molecule has 0 aliphatic heterocycles. The van der Waals surface area contributed by atoms with Crippen LogP contribution in [0.2, 0.25) is 0 Å². The van der Waals surface area contributed by atoms with Crippen molar-refractivity contribution in [3.63, 3.8) is 0 Å². The number of fused-ring (bicyclic) bond motifs is 1. The summed E-state index contributed by atoms with van der Waals surface area (Å²) in [7, 11) is 1.98. The molecule has 6 nitrogen and oxygen atoms in total. The lowest BCUT2D eigenvalue weighted by atomic mass is 10.2. The second kappa shape index (κ2) is 4.85. The minimum Gasteiger partial charge on any atom is -0.393 e. The molecule has 0 aliphatic carbocycles. The van der Waals surface area contributed by atoms with Crippen LogP contribution in [0.15, 0.2) is 12.4 Å². The Morgan fingerprint density at radius 1 is 1.61 bits per heavy atom. The predicted octanol–water partition coefficient (Wildman–Crippen LogP) is 0.934. The molecule has 1 unspecified atom stereocenters. The van der Waals surface area contributed by atoms with Crippen LogP contribution in [0.1, 0.15) is 19.0 Å². The highest BCUT2D eigenvalue weighted by Gasteiger charge is 2.15. The zero-order valence-corrected chi connectivity index (χ0v) is 11.5. The van der Waals surface area contributed by atoms with Crippen molar-refractivity contribution in [1.29, 1.82) is 0 Å². The van der Waals surface area contributed by atoms with E-state index in [0.29, 0.717) is 17.2 Å². The summed E-state index contributed by atoms with van der Waals surface area (Å²) >= 11 is 4.95. The normalized spacial score (nSPS) is 12.6. The summed E-state index contributed by atoms with van der Waals surface area (Å²) in [6.45, 7) is 4.00. The Hall–Kier alpha value is -1.76. The van der Waals surface area contributed by atoms with Crippen LogP contribution in [-0.2, 0) is 0 Å². The lowest BCUT2D eigenvalue weighted by molar-refractivity contribution is 0.689. The number of anilines is 1. The maximum absolute atomic E-state index is 5.59. The van der Waals surface area contributed by atoms with E-state index in [1.807, 2.05) is 20.0 Å². The number of rotatable bonds is 4. The van der Waals surface area contributed by atoms with Crippen LogP contribution in [0, 0.1) is 6.92 Å². The molecule has 2 N–H and O–H groups in total. The monoisotopic (exact) mass is 264 g/mol. The maximum Gasteiger partial charge on any atom is 0.254 e. The maximum atomic E-state index is 5.59. The van der Waals surface area contributed by atoms with Crippen molar-refractivity contribution in [2.75, 3.05) is 11.9 Å².